The van der Waals surface area contributed by atoms with E-state index in [-0.39, 0.29) is 11.8 Å². The molecule has 0 radical (unpaired) electrons. The zero-order chi connectivity index (χ0) is 19.5. The molecule has 1 N–H and O–H groups in total. The molecule has 0 spiro atoms. The summed E-state index contributed by atoms with van der Waals surface area (Å²) in [6, 6.07) is 8.15. The summed E-state index contributed by atoms with van der Waals surface area (Å²) in [6.45, 7) is 4.13. The van der Waals surface area contributed by atoms with E-state index < -0.39 is 0 Å². The van der Waals surface area contributed by atoms with Crippen LogP contribution in [0.15, 0.2) is 24.3 Å². The van der Waals surface area contributed by atoms with Gasteiger partial charge in [0.2, 0.25) is 11.8 Å². The molecular weight excluding hydrogens is 374 g/mol. The van der Waals surface area contributed by atoms with Crippen molar-refractivity contribution in [2.24, 2.45) is 11.8 Å². The number of hydrogen-bond donors (Lipinski definition) is 1. The average Bonchev–Trinajstić information content (AvgIpc) is 3.58. The van der Waals surface area contributed by atoms with Crippen molar-refractivity contribution >= 4 is 23.4 Å². The van der Waals surface area contributed by atoms with Crippen molar-refractivity contribution in [2.45, 2.75) is 51.1 Å². The number of hydrogen-bond acceptors (Lipinski definition) is 3. The molecule has 2 heterocycles. The van der Waals surface area contributed by atoms with Crippen LogP contribution in [0.2, 0.25) is 5.02 Å². The van der Waals surface area contributed by atoms with Crippen LogP contribution in [-0.4, -0.2) is 53.8 Å². The Labute approximate surface area is 172 Å². The number of rotatable bonds is 5. The van der Waals surface area contributed by atoms with Gasteiger partial charge >= 0.3 is 0 Å². The SMILES string of the molecule is O=C(NCc1ccccc1Cl)[C@@H]1CCCN(C2CCN(C(=O)C3CC3)CC2)C1. The largest absolute Gasteiger partial charge is 0.352 e. The second kappa shape index (κ2) is 8.83. The van der Waals surface area contributed by atoms with Gasteiger partial charge < -0.3 is 10.2 Å². The predicted octanol–water partition coefficient (Wildman–Crippen LogP) is 3.07. The number of amides is 2. The topological polar surface area (TPSA) is 52.7 Å². The first-order valence-corrected chi connectivity index (χ1v) is 11.0. The van der Waals surface area contributed by atoms with Crippen LogP contribution in [0.1, 0.15) is 44.1 Å². The molecule has 6 heteroatoms. The minimum Gasteiger partial charge on any atom is -0.352 e. The smallest absolute Gasteiger partial charge is 0.225 e. The van der Waals surface area contributed by atoms with Crippen LogP contribution in [0.4, 0.5) is 0 Å². The van der Waals surface area contributed by atoms with Crippen molar-refractivity contribution in [3.63, 3.8) is 0 Å². The number of likely N-dealkylation sites (tertiary alicyclic amines) is 2. The highest BCUT2D eigenvalue weighted by Gasteiger charge is 2.37. The number of halogens is 1. The maximum Gasteiger partial charge on any atom is 0.225 e. The summed E-state index contributed by atoms with van der Waals surface area (Å²) >= 11 is 6.19. The van der Waals surface area contributed by atoms with E-state index in [1.54, 1.807) is 0 Å². The molecule has 1 aliphatic carbocycles. The van der Waals surface area contributed by atoms with Crippen LogP contribution in [0.25, 0.3) is 0 Å². The standard InChI is InChI=1S/C22H30ClN3O2/c23-20-6-2-1-4-17(20)14-24-21(27)18-5-3-11-26(15-18)19-9-12-25(13-10-19)22(28)16-7-8-16/h1-2,4,6,16,18-19H,3,5,7-15H2,(H,24,27)/t18-/m1/s1. The molecule has 0 aromatic heterocycles. The fraction of sp³-hybridized carbons (Fsp3) is 0.636. The first kappa shape index (κ1) is 19.7. The Morgan fingerprint density at radius 2 is 1.75 bits per heavy atom. The number of nitrogens with zero attached hydrogens (tertiary/aromatic N) is 2. The summed E-state index contributed by atoms with van der Waals surface area (Å²) in [5, 5.41) is 3.77. The van der Waals surface area contributed by atoms with E-state index in [4.69, 9.17) is 11.6 Å². The van der Waals surface area contributed by atoms with Gasteiger partial charge in [0.05, 0.1) is 5.92 Å². The first-order valence-electron chi connectivity index (χ1n) is 10.7. The van der Waals surface area contributed by atoms with Crippen LogP contribution < -0.4 is 5.32 Å². The van der Waals surface area contributed by atoms with Gasteiger partial charge in [-0.1, -0.05) is 29.8 Å². The summed E-state index contributed by atoms with van der Waals surface area (Å²) in [6.07, 6.45) is 6.24. The predicted molar refractivity (Wildman–Crippen MR) is 110 cm³/mol. The van der Waals surface area contributed by atoms with Gasteiger partial charge in [0.1, 0.15) is 0 Å². The molecule has 5 nitrogen and oxygen atoms in total. The molecule has 1 atom stereocenters. The lowest BCUT2D eigenvalue weighted by molar-refractivity contribution is -0.134. The van der Waals surface area contributed by atoms with Crippen LogP contribution in [-0.2, 0) is 16.1 Å². The molecule has 2 amide bonds. The van der Waals surface area contributed by atoms with E-state index in [2.05, 4.69) is 15.1 Å². The number of nitrogens with one attached hydrogen (secondary N) is 1. The third-order valence-corrected chi connectivity index (χ3v) is 6.82. The molecule has 3 aliphatic rings. The molecule has 2 aliphatic heterocycles. The normalized spacial score (nSPS) is 24.2. The van der Waals surface area contributed by atoms with E-state index in [9.17, 15) is 9.59 Å². The molecule has 152 valence electrons. The highest BCUT2D eigenvalue weighted by Crippen LogP contribution is 2.32. The molecule has 0 bridgehead atoms. The van der Waals surface area contributed by atoms with Gasteiger partial charge in [-0.3, -0.25) is 14.5 Å². The summed E-state index contributed by atoms with van der Waals surface area (Å²) < 4.78 is 0. The highest BCUT2D eigenvalue weighted by molar-refractivity contribution is 6.31. The Balaban J connectivity index is 1.25. The van der Waals surface area contributed by atoms with Crippen molar-refractivity contribution < 1.29 is 9.59 Å². The van der Waals surface area contributed by atoms with Crippen molar-refractivity contribution in [1.82, 2.24) is 15.1 Å². The van der Waals surface area contributed by atoms with Crippen LogP contribution in [0.3, 0.4) is 0 Å². The Morgan fingerprint density at radius 3 is 2.46 bits per heavy atom. The summed E-state index contributed by atoms with van der Waals surface area (Å²) in [5.74, 6) is 0.861. The van der Waals surface area contributed by atoms with Gasteiger partial charge in [0, 0.05) is 43.2 Å². The number of carbonyl (C=O) groups is 2. The zero-order valence-electron chi connectivity index (χ0n) is 16.4. The third kappa shape index (κ3) is 4.69. The van der Waals surface area contributed by atoms with Gasteiger partial charge in [-0.25, -0.2) is 0 Å². The maximum absolute atomic E-state index is 12.7. The Bertz CT molecular complexity index is 713. The second-order valence-electron chi connectivity index (χ2n) is 8.47. The fourth-order valence-corrected chi connectivity index (χ4v) is 4.76. The van der Waals surface area contributed by atoms with Gasteiger partial charge in [-0.05, 0) is 56.7 Å². The molecule has 28 heavy (non-hydrogen) atoms. The number of carbonyl (C=O) groups excluding carboxylic acids is 2. The summed E-state index contributed by atoms with van der Waals surface area (Å²) in [5.41, 5.74) is 0.956. The van der Waals surface area contributed by atoms with Crippen molar-refractivity contribution in [1.29, 1.82) is 0 Å². The molecule has 2 saturated heterocycles. The Morgan fingerprint density at radius 1 is 1.00 bits per heavy atom. The average molecular weight is 404 g/mol. The van der Waals surface area contributed by atoms with Gasteiger partial charge in [-0.2, -0.15) is 0 Å². The van der Waals surface area contributed by atoms with E-state index >= 15 is 0 Å². The maximum atomic E-state index is 12.7. The van der Waals surface area contributed by atoms with Crippen LogP contribution in [0, 0.1) is 11.8 Å². The minimum absolute atomic E-state index is 0.0439. The van der Waals surface area contributed by atoms with Crippen LogP contribution in [0.5, 0.6) is 0 Å². The molecule has 1 saturated carbocycles. The lowest BCUT2D eigenvalue weighted by Gasteiger charge is -2.42. The Hall–Kier alpha value is -1.59. The molecular formula is C22H30ClN3O2. The van der Waals surface area contributed by atoms with Gasteiger partial charge in [0.25, 0.3) is 0 Å². The molecule has 4 rings (SSSR count). The monoisotopic (exact) mass is 403 g/mol. The quantitative estimate of drug-likeness (QED) is 0.822. The van der Waals surface area contributed by atoms with Crippen molar-refractivity contribution in [3.05, 3.63) is 34.9 Å². The lowest BCUT2D eigenvalue weighted by Crippen LogP contribution is -2.51. The van der Waals surface area contributed by atoms with E-state index in [0.717, 1.165) is 70.3 Å². The molecule has 1 aromatic rings. The zero-order valence-corrected chi connectivity index (χ0v) is 17.2. The second-order valence-corrected chi connectivity index (χ2v) is 8.88. The highest BCUT2D eigenvalue weighted by atomic mass is 35.5. The third-order valence-electron chi connectivity index (χ3n) is 6.45. The fourth-order valence-electron chi connectivity index (χ4n) is 4.56. The number of piperidine rings is 2. The van der Waals surface area contributed by atoms with Crippen molar-refractivity contribution in [3.8, 4) is 0 Å². The Kier molecular flexibility index (Phi) is 6.22. The van der Waals surface area contributed by atoms with Crippen LogP contribution >= 0.6 is 11.6 Å². The summed E-state index contributed by atoms with van der Waals surface area (Å²) in [4.78, 5) is 29.5. The molecule has 3 fully saturated rings. The van der Waals surface area contributed by atoms with Crippen molar-refractivity contribution in [2.75, 3.05) is 26.2 Å². The van der Waals surface area contributed by atoms with E-state index in [1.165, 1.54) is 0 Å². The lowest BCUT2D eigenvalue weighted by atomic mass is 9.93. The van der Waals surface area contributed by atoms with Gasteiger partial charge in [0.15, 0.2) is 0 Å². The number of benzene rings is 1. The van der Waals surface area contributed by atoms with E-state index in [1.807, 2.05) is 24.3 Å². The molecule has 0 unspecified atom stereocenters. The summed E-state index contributed by atoms with van der Waals surface area (Å²) in [7, 11) is 0. The van der Waals surface area contributed by atoms with Gasteiger partial charge in [-0.15, -0.1) is 0 Å². The van der Waals surface area contributed by atoms with E-state index in [0.29, 0.717) is 29.4 Å². The first-order chi connectivity index (χ1) is 13.6. The minimum atomic E-state index is 0.0439. The molecule has 1 aromatic carbocycles.